The molecule has 0 fully saturated rings. The first kappa shape index (κ1) is 19.9. The van der Waals surface area contributed by atoms with E-state index in [-0.39, 0.29) is 5.57 Å². The lowest BCUT2D eigenvalue weighted by molar-refractivity contribution is -0.112. The second-order valence-electron chi connectivity index (χ2n) is 4.88. The zero-order valence-corrected chi connectivity index (χ0v) is 18.5. The Labute approximate surface area is 176 Å². The van der Waals surface area contributed by atoms with Crippen LogP contribution < -0.4 is 10.1 Å². The van der Waals surface area contributed by atoms with Gasteiger partial charge in [0, 0.05) is 10.2 Å². The third kappa shape index (κ3) is 5.56. The standard InChI is InChI=1S/C18H13Br2IN2O2/c1-2-25-17-15(20)7-11(8-16(17)21)6-12(10-22)18(24)23-14-5-3-4-13(19)9-14/h3-9H,2H2,1H3,(H,23,24)/b12-6-. The van der Waals surface area contributed by atoms with Gasteiger partial charge in [0.25, 0.3) is 5.91 Å². The molecule has 0 spiro atoms. The summed E-state index contributed by atoms with van der Waals surface area (Å²) in [5.74, 6) is 0.290. The summed E-state index contributed by atoms with van der Waals surface area (Å²) in [4.78, 5) is 12.3. The molecule has 0 aliphatic carbocycles. The second kappa shape index (κ2) is 9.36. The molecule has 128 valence electrons. The van der Waals surface area contributed by atoms with Gasteiger partial charge in [-0.2, -0.15) is 5.26 Å². The number of halogens is 3. The fourth-order valence-corrected chi connectivity index (χ4v) is 4.19. The quantitative estimate of drug-likeness (QED) is 0.280. The molecule has 0 radical (unpaired) electrons. The van der Waals surface area contributed by atoms with Crippen molar-refractivity contribution in [3.05, 3.63) is 60.1 Å². The SMILES string of the molecule is CCOc1c(Br)cc(/C=C(/C#N)C(=O)Nc2cccc(Br)c2)cc1I. The van der Waals surface area contributed by atoms with Gasteiger partial charge in [-0.3, -0.25) is 4.79 Å². The van der Waals surface area contributed by atoms with Crippen molar-refractivity contribution in [3.63, 3.8) is 0 Å². The first-order valence-corrected chi connectivity index (χ1v) is 9.91. The number of anilines is 1. The predicted octanol–water partition coefficient (Wildman–Crippen LogP) is 5.76. The summed E-state index contributed by atoms with van der Waals surface area (Å²) in [6.45, 7) is 2.47. The molecular formula is C18H13Br2IN2O2. The van der Waals surface area contributed by atoms with E-state index in [4.69, 9.17) is 4.74 Å². The van der Waals surface area contributed by atoms with E-state index in [0.717, 1.165) is 23.8 Å². The number of carbonyl (C=O) groups excluding carboxylic acids is 1. The summed E-state index contributed by atoms with van der Waals surface area (Å²) in [5.41, 5.74) is 1.37. The van der Waals surface area contributed by atoms with Gasteiger partial charge in [-0.05, 0) is 87.4 Å². The number of carbonyl (C=O) groups is 1. The van der Waals surface area contributed by atoms with E-state index in [1.54, 1.807) is 24.3 Å². The Balaban J connectivity index is 2.28. The largest absolute Gasteiger partial charge is 0.492 e. The highest BCUT2D eigenvalue weighted by molar-refractivity contribution is 14.1. The molecule has 0 atom stereocenters. The average Bonchev–Trinajstić information content (AvgIpc) is 2.56. The fourth-order valence-electron chi connectivity index (χ4n) is 2.02. The Morgan fingerprint density at radius 3 is 2.72 bits per heavy atom. The van der Waals surface area contributed by atoms with Crippen LogP contribution in [-0.2, 0) is 4.79 Å². The molecule has 0 aromatic heterocycles. The van der Waals surface area contributed by atoms with Gasteiger partial charge in [0.1, 0.15) is 17.4 Å². The van der Waals surface area contributed by atoms with Gasteiger partial charge in [-0.1, -0.05) is 22.0 Å². The summed E-state index contributed by atoms with van der Waals surface area (Å²) in [7, 11) is 0. The highest BCUT2D eigenvalue weighted by atomic mass is 127. The van der Waals surface area contributed by atoms with Crippen LogP contribution >= 0.6 is 54.5 Å². The molecule has 4 nitrogen and oxygen atoms in total. The van der Waals surface area contributed by atoms with Crippen LogP contribution in [0.2, 0.25) is 0 Å². The van der Waals surface area contributed by atoms with Crippen molar-refractivity contribution in [1.29, 1.82) is 5.26 Å². The van der Waals surface area contributed by atoms with Gasteiger partial charge in [0.15, 0.2) is 0 Å². The molecule has 0 saturated carbocycles. The zero-order valence-electron chi connectivity index (χ0n) is 13.1. The highest BCUT2D eigenvalue weighted by Crippen LogP contribution is 2.32. The minimum absolute atomic E-state index is 0.0202. The topological polar surface area (TPSA) is 62.1 Å². The maximum atomic E-state index is 12.3. The lowest BCUT2D eigenvalue weighted by atomic mass is 10.1. The molecule has 2 rings (SSSR count). The molecule has 1 N–H and O–H groups in total. The van der Waals surface area contributed by atoms with Crippen LogP contribution in [0.25, 0.3) is 6.08 Å². The summed E-state index contributed by atoms with van der Waals surface area (Å²) in [6.07, 6.45) is 1.55. The fraction of sp³-hybridized carbons (Fsp3) is 0.111. The molecule has 25 heavy (non-hydrogen) atoms. The van der Waals surface area contributed by atoms with Crippen LogP contribution in [0.5, 0.6) is 5.75 Å². The third-order valence-corrected chi connectivity index (χ3v) is 4.95. The van der Waals surface area contributed by atoms with Crippen LogP contribution in [0.1, 0.15) is 12.5 Å². The van der Waals surface area contributed by atoms with Gasteiger partial charge in [-0.25, -0.2) is 0 Å². The lowest BCUT2D eigenvalue weighted by Gasteiger charge is -2.10. The van der Waals surface area contributed by atoms with Gasteiger partial charge >= 0.3 is 0 Å². The number of nitrogens with zero attached hydrogens (tertiary/aromatic N) is 1. The van der Waals surface area contributed by atoms with Crippen molar-refractivity contribution in [2.24, 2.45) is 0 Å². The molecule has 2 aromatic rings. The van der Waals surface area contributed by atoms with Crippen LogP contribution in [0.15, 0.2) is 50.9 Å². The number of amides is 1. The van der Waals surface area contributed by atoms with Gasteiger partial charge < -0.3 is 10.1 Å². The van der Waals surface area contributed by atoms with E-state index in [1.165, 1.54) is 0 Å². The number of hydrogen-bond donors (Lipinski definition) is 1. The third-order valence-electron chi connectivity index (χ3n) is 3.07. The lowest BCUT2D eigenvalue weighted by Crippen LogP contribution is -2.13. The monoisotopic (exact) mass is 574 g/mol. The first-order chi connectivity index (χ1) is 11.9. The number of nitriles is 1. The van der Waals surface area contributed by atoms with Gasteiger partial charge in [-0.15, -0.1) is 0 Å². The normalized spacial score (nSPS) is 10.9. The van der Waals surface area contributed by atoms with E-state index in [0.29, 0.717) is 12.3 Å². The Morgan fingerprint density at radius 1 is 1.36 bits per heavy atom. The van der Waals surface area contributed by atoms with Crippen molar-refractivity contribution < 1.29 is 9.53 Å². The minimum Gasteiger partial charge on any atom is -0.492 e. The number of hydrogen-bond acceptors (Lipinski definition) is 3. The summed E-state index contributed by atoms with van der Waals surface area (Å²) >= 11 is 8.97. The van der Waals surface area contributed by atoms with Crippen molar-refractivity contribution >= 4 is 72.1 Å². The Morgan fingerprint density at radius 2 is 2.12 bits per heavy atom. The summed E-state index contributed by atoms with van der Waals surface area (Å²) in [5, 5.41) is 12.1. The first-order valence-electron chi connectivity index (χ1n) is 7.25. The molecule has 0 bridgehead atoms. The van der Waals surface area contributed by atoms with Crippen LogP contribution in [0.3, 0.4) is 0 Å². The molecule has 0 aliphatic rings. The smallest absolute Gasteiger partial charge is 0.266 e. The maximum Gasteiger partial charge on any atom is 0.266 e. The molecule has 1 amide bonds. The minimum atomic E-state index is -0.458. The number of benzene rings is 2. The van der Waals surface area contributed by atoms with E-state index in [9.17, 15) is 10.1 Å². The van der Waals surface area contributed by atoms with Crippen LogP contribution in [-0.4, -0.2) is 12.5 Å². The molecule has 2 aromatic carbocycles. The Bertz CT molecular complexity index is 853. The Hall–Kier alpha value is -1.37. The number of rotatable bonds is 5. The van der Waals surface area contributed by atoms with Crippen molar-refractivity contribution in [3.8, 4) is 11.8 Å². The predicted molar refractivity (Wildman–Crippen MR) is 114 cm³/mol. The van der Waals surface area contributed by atoms with Crippen LogP contribution in [0, 0.1) is 14.9 Å². The van der Waals surface area contributed by atoms with Crippen molar-refractivity contribution in [2.45, 2.75) is 6.92 Å². The van der Waals surface area contributed by atoms with Gasteiger partial charge in [0.05, 0.1) is 14.6 Å². The molecule has 0 heterocycles. The maximum absolute atomic E-state index is 12.3. The van der Waals surface area contributed by atoms with Crippen LogP contribution in [0.4, 0.5) is 5.69 Å². The number of ether oxygens (including phenoxy) is 1. The van der Waals surface area contributed by atoms with Crippen molar-refractivity contribution in [1.82, 2.24) is 0 Å². The van der Waals surface area contributed by atoms with E-state index < -0.39 is 5.91 Å². The second-order valence-corrected chi connectivity index (χ2v) is 7.81. The van der Waals surface area contributed by atoms with Crippen molar-refractivity contribution in [2.75, 3.05) is 11.9 Å². The highest BCUT2D eigenvalue weighted by Gasteiger charge is 2.12. The van der Waals surface area contributed by atoms with E-state index in [2.05, 4.69) is 59.8 Å². The average molecular weight is 576 g/mol. The van der Waals surface area contributed by atoms with E-state index in [1.807, 2.05) is 31.2 Å². The van der Waals surface area contributed by atoms with E-state index >= 15 is 0 Å². The molecule has 0 saturated heterocycles. The summed E-state index contributed by atoms with van der Waals surface area (Å²) in [6, 6.07) is 12.8. The zero-order chi connectivity index (χ0) is 18.4. The summed E-state index contributed by atoms with van der Waals surface area (Å²) < 4.78 is 8.08. The molecular weight excluding hydrogens is 563 g/mol. The molecule has 7 heteroatoms. The van der Waals surface area contributed by atoms with Gasteiger partial charge in [0.2, 0.25) is 0 Å². The Kier molecular flexibility index (Phi) is 7.47. The molecule has 0 unspecified atom stereocenters. The molecule has 0 aliphatic heterocycles. The number of nitrogens with one attached hydrogen (secondary N) is 1.